The van der Waals surface area contributed by atoms with Gasteiger partial charge in [-0.15, -0.1) is 0 Å². The number of anilines is 1. The SMILES string of the molecule is O=C(NOC1CCCCO1)c1cc(-c2ccc(-c3ccc(NCCCCO)cc3)cc2)nc2cnccc12. The molecule has 1 saturated heterocycles. The number of aromatic nitrogens is 2. The number of unbranched alkanes of at least 4 members (excludes halogenated alkanes) is 1. The van der Waals surface area contributed by atoms with E-state index in [0.29, 0.717) is 28.8 Å². The number of aliphatic hydroxyl groups is 1. The van der Waals surface area contributed by atoms with Gasteiger partial charge in [0.05, 0.1) is 23.0 Å². The Labute approximate surface area is 222 Å². The number of carbonyl (C=O) groups excluding carboxylic acids is 1. The maximum atomic E-state index is 13.1. The first-order valence-electron chi connectivity index (χ1n) is 13.1. The Bertz CT molecular complexity index is 1350. The molecular formula is C30H32N4O4. The molecule has 1 aliphatic heterocycles. The highest BCUT2D eigenvalue weighted by molar-refractivity contribution is 6.06. The van der Waals surface area contributed by atoms with Crippen molar-refractivity contribution in [2.24, 2.45) is 0 Å². The molecule has 0 spiro atoms. The van der Waals surface area contributed by atoms with Gasteiger partial charge in [-0.1, -0.05) is 36.4 Å². The van der Waals surface area contributed by atoms with Gasteiger partial charge in [-0.2, -0.15) is 0 Å². The first-order valence-corrected chi connectivity index (χ1v) is 13.1. The number of hydroxylamine groups is 1. The maximum Gasteiger partial charge on any atom is 0.275 e. The van der Waals surface area contributed by atoms with Gasteiger partial charge >= 0.3 is 0 Å². The van der Waals surface area contributed by atoms with Crippen LogP contribution >= 0.6 is 0 Å². The van der Waals surface area contributed by atoms with Crippen molar-refractivity contribution in [3.05, 3.63) is 78.6 Å². The fourth-order valence-corrected chi connectivity index (χ4v) is 4.48. The van der Waals surface area contributed by atoms with Crippen molar-refractivity contribution >= 4 is 22.5 Å². The number of rotatable bonds is 10. The standard InChI is InChI=1S/C30H32N4O4/c35-17-3-2-15-32-24-12-10-22(11-13-24)21-6-8-23(9-7-21)27-19-26(25-14-16-31-20-28(25)33-27)30(36)34-38-29-5-1-4-18-37-29/h6-14,16,19-20,29,32,35H,1-5,15,17-18H2,(H,34,36). The van der Waals surface area contributed by atoms with Crippen LogP contribution in [0.3, 0.4) is 0 Å². The van der Waals surface area contributed by atoms with Crippen LogP contribution in [0.1, 0.15) is 42.5 Å². The van der Waals surface area contributed by atoms with E-state index in [9.17, 15) is 4.79 Å². The quantitative estimate of drug-likeness (QED) is 0.195. The summed E-state index contributed by atoms with van der Waals surface area (Å²) in [6.45, 7) is 1.70. The summed E-state index contributed by atoms with van der Waals surface area (Å²) in [5, 5.41) is 13.0. The smallest absolute Gasteiger partial charge is 0.275 e. The molecule has 0 saturated carbocycles. The number of fused-ring (bicyclic) bond motifs is 1. The lowest BCUT2D eigenvalue weighted by Gasteiger charge is -2.22. The first kappa shape index (κ1) is 25.8. The molecule has 4 aromatic rings. The molecule has 0 bridgehead atoms. The van der Waals surface area contributed by atoms with Crippen molar-refractivity contribution < 1.29 is 19.5 Å². The molecule has 8 nitrogen and oxygen atoms in total. The van der Waals surface area contributed by atoms with Crippen LogP contribution in [-0.2, 0) is 9.57 Å². The topological polar surface area (TPSA) is 106 Å². The molecule has 0 aliphatic carbocycles. The third-order valence-electron chi connectivity index (χ3n) is 6.59. The van der Waals surface area contributed by atoms with Crippen molar-refractivity contribution in [3.8, 4) is 22.4 Å². The van der Waals surface area contributed by atoms with E-state index < -0.39 is 6.29 Å². The molecule has 38 heavy (non-hydrogen) atoms. The second-order valence-electron chi connectivity index (χ2n) is 9.31. The summed E-state index contributed by atoms with van der Waals surface area (Å²) < 4.78 is 5.55. The maximum absolute atomic E-state index is 13.1. The summed E-state index contributed by atoms with van der Waals surface area (Å²) in [6.07, 6.45) is 7.39. The summed E-state index contributed by atoms with van der Waals surface area (Å²) in [5.41, 5.74) is 8.49. The Morgan fingerprint density at radius 3 is 2.50 bits per heavy atom. The molecule has 0 radical (unpaired) electrons. The normalized spacial score (nSPS) is 15.3. The highest BCUT2D eigenvalue weighted by Gasteiger charge is 2.19. The van der Waals surface area contributed by atoms with E-state index in [-0.39, 0.29) is 12.5 Å². The number of nitrogens with one attached hydrogen (secondary N) is 2. The average molecular weight is 513 g/mol. The number of nitrogens with zero attached hydrogens (tertiary/aromatic N) is 2. The Kier molecular flexibility index (Phi) is 8.55. The van der Waals surface area contributed by atoms with Crippen molar-refractivity contribution in [2.75, 3.05) is 25.1 Å². The first-order chi connectivity index (χ1) is 18.7. The van der Waals surface area contributed by atoms with Crippen LogP contribution in [0.5, 0.6) is 0 Å². The lowest BCUT2D eigenvalue weighted by Crippen LogP contribution is -2.33. The number of hydrogen-bond acceptors (Lipinski definition) is 7. The Morgan fingerprint density at radius 1 is 1.00 bits per heavy atom. The number of hydrogen-bond donors (Lipinski definition) is 3. The van der Waals surface area contributed by atoms with Crippen LogP contribution < -0.4 is 10.8 Å². The molecule has 8 heteroatoms. The Balaban J connectivity index is 1.33. The number of benzene rings is 2. The second-order valence-corrected chi connectivity index (χ2v) is 9.31. The van der Waals surface area contributed by atoms with Gasteiger partial charge < -0.3 is 15.2 Å². The van der Waals surface area contributed by atoms with Crippen LogP contribution in [-0.4, -0.2) is 47.0 Å². The Morgan fingerprint density at radius 2 is 1.76 bits per heavy atom. The van der Waals surface area contributed by atoms with Gasteiger partial charge in [0.2, 0.25) is 0 Å². The number of ether oxygens (including phenoxy) is 1. The molecule has 1 aliphatic rings. The van der Waals surface area contributed by atoms with E-state index in [2.05, 4.69) is 52.2 Å². The summed E-state index contributed by atoms with van der Waals surface area (Å²) in [6, 6.07) is 20.0. The second kappa shape index (κ2) is 12.6. The minimum absolute atomic E-state index is 0.223. The third kappa shape index (κ3) is 6.34. The summed E-state index contributed by atoms with van der Waals surface area (Å²) in [4.78, 5) is 27.6. The lowest BCUT2D eigenvalue weighted by atomic mass is 10.0. The Hall–Kier alpha value is -3.85. The summed E-state index contributed by atoms with van der Waals surface area (Å²) in [5.74, 6) is -0.347. The van der Waals surface area contributed by atoms with Gasteiger partial charge in [0, 0.05) is 49.0 Å². The minimum Gasteiger partial charge on any atom is -0.396 e. The number of pyridine rings is 2. The summed E-state index contributed by atoms with van der Waals surface area (Å²) >= 11 is 0. The average Bonchev–Trinajstić information content (AvgIpc) is 2.98. The molecule has 196 valence electrons. The highest BCUT2D eigenvalue weighted by Crippen LogP contribution is 2.28. The van der Waals surface area contributed by atoms with Crippen molar-refractivity contribution in [3.63, 3.8) is 0 Å². The van der Waals surface area contributed by atoms with Gasteiger partial charge in [-0.05, 0) is 61.1 Å². The van der Waals surface area contributed by atoms with E-state index in [1.807, 2.05) is 12.1 Å². The zero-order valence-electron chi connectivity index (χ0n) is 21.2. The third-order valence-corrected chi connectivity index (χ3v) is 6.59. The zero-order chi connectivity index (χ0) is 26.2. The fourth-order valence-electron chi connectivity index (χ4n) is 4.48. The van der Waals surface area contributed by atoms with Crippen LogP contribution in [0.15, 0.2) is 73.1 Å². The summed E-state index contributed by atoms with van der Waals surface area (Å²) in [7, 11) is 0. The molecule has 3 heterocycles. The van der Waals surface area contributed by atoms with Crippen LogP contribution in [0.25, 0.3) is 33.3 Å². The molecule has 1 atom stereocenters. The molecular weight excluding hydrogens is 480 g/mol. The molecule has 1 fully saturated rings. The van der Waals surface area contributed by atoms with Gasteiger partial charge in [0.15, 0.2) is 6.29 Å². The molecule has 2 aromatic heterocycles. The largest absolute Gasteiger partial charge is 0.396 e. The molecule has 2 aromatic carbocycles. The van der Waals surface area contributed by atoms with Gasteiger partial charge in [-0.3, -0.25) is 9.78 Å². The monoisotopic (exact) mass is 512 g/mol. The zero-order valence-corrected chi connectivity index (χ0v) is 21.2. The minimum atomic E-state index is -0.425. The van der Waals surface area contributed by atoms with Crippen LogP contribution in [0, 0.1) is 0 Å². The predicted molar refractivity (Wildman–Crippen MR) is 147 cm³/mol. The molecule has 1 unspecified atom stereocenters. The number of aliphatic hydroxyl groups excluding tert-OH is 1. The van der Waals surface area contributed by atoms with E-state index in [0.717, 1.165) is 61.0 Å². The van der Waals surface area contributed by atoms with Crippen LogP contribution in [0.2, 0.25) is 0 Å². The number of amides is 1. The van der Waals surface area contributed by atoms with Crippen LogP contribution in [0.4, 0.5) is 5.69 Å². The van der Waals surface area contributed by atoms with E-state index >= 15 is 0 Å². The van der Waals surface area contributed by atoms with E-state index in [4.69, 9.17) is 19.7 Å². The predicted octanol–water partition coefficient (Wildman–Crippen LogP) is 5.34. The van der Waals surface area contributed by atoms with Gasteiger partial charge in [-0.25, -0.2) is 15.3 Å². The van der Waals surface area contributed by atoms with Gasteiger partial charge in [0.1, 0.15) is 0 Å². The fraction of sp³-hybridized carbons (Fsp3) is 0.300. The molecule has 3 N–H and O–H groups in total. The van der Waals surface area contributed by atoms with Crippen molar-refractivity contribution in [1.82, 2.24) is 15.4 Å². The van der Waals surface area contributed by atoms with E-state index in [1.54, 1.807) is 24.5 Å². The number of carbonyl (C=O) groups is 1. The van der Waals surface area contributed by atoms with Gasteiger partial charge in [0.25, 0.3) is 5.91 Å². The molecule has 5 rings (SSSR count). The molecule has 1 amide bonds. The van der Waals surface area contributed by atoms with Crippen molar-refractivity contribution in [2.45, 2.75) is 38.4 Å². The highest BCUT2D eigenvalue weighted by atomic mass is 16.8. The lowest BCUT2D eigenvalue weighted by molar-refractivity contribution is -0.186. The van der Waals surface area contributed by atoms with Crippen molar-refractivity contribution in [1.29, 1.82) is 0 Å². The van der Waals surface area contributed by atoms with E-state index in [1.165, 1.54) is 0 Å².